The van der Waals surface area contributed by atoms with Crippen LogP contribution in [0.3, 0.4) is 0 Å². The Morgan fingerprint density at radius 2 is 1.73 bits per heavy atom. The predicted molar refractivity (Wildman–Crippen MR) is 75.9 cm³/mol. The molecule has 0 aliphatic carbocycles. The quantitative estimate of drug-likeness (QED) is 0.221. The van der Waals surface area contributed by atoms with E-state index >= 15 is 0 Å². The fraction of sp³-hybridized carbons (Fsp3) is 0.600. The smallest absolute Gasteiger partial charge is 0.348 e. The lowest BCUT2D eigenvalue weighted by Gasteiger charge is -2.27. The van der Waals surface area contributed by atoms with Gasteiger partial charge < -0.3 is 29.6 Å². The molecule has 0 heterocycles. The van der Waals surface area contributed by atoms with Gasteiger partial charge in [-0.1, -0.05) is 6.08 Å². The van der Waals surface area contributed by atoms with Gasteiger partial charge in [0.2, 0.25) is 5.91 Å². The van der Waals surface area contributed by atoms with E-state index in [-0.39, 0.29) is 6.61 Å². The minimum atomic E-state index is -5.03. The third-order valence-electron chi connectivity index (χ3n) is 2.43. The highest BCUT2D eigenvalue weighted by Crippen LogP contribution is 2.54. The highest BCUT2D eigenvalue weighted by Gasteiger charge is 2.45. The van der Waals surface area contributed by atoms with Crippen molar-refractivity contribution in [3.05, 3.63) is 12.2 Å². The lowest BCUT2D eigenvalue weighted by Crippen LogP contribution is -2.41. The molecule has 10 nitrogen and oxygen atoms in total. The van der Waals surface area contributed by atoms with Gasteiger partial charge in [0.05, 0.1) is 12.3 Å². The van der Waals surface area contributed by atoms with Crippen molar-refractivity contribution < 1.29 is 43.0 Å². The summed E-state index contributed by atoms with van der Waals surface area (Å²) in [6, 6.07) is 0. The van der Waals surface area contributed by atoms with Crippen LogP contribution in [0.25, 0.3) is 0 Å². The first kappa shape index (κ1) is 21.0. The van der Waals surface area contributed by atoms with Crippen molar-refractivity contribution in [2.45, 2.75) is 31.7 Å². The molecule has 2 unspecified atom stereocenters. The van der Waals surface area contributed by atoms with Gasteiger partial charge in [-0.15, -0.1) is 0 Å². The fourth-order valence-electron chi connectivity index (χ4n) is 1.56. The number of carbonyl (C=O) groups is 2. The number of hydrogen-bond acceptors (Lipinski definition) is 5. The summed E-state index contributed by atoms with van der Waals surface area (Å²) in [4.78, 5) is 59.0. The second kappa shape index (κ2) is 8.57. The number of amides is 1. The molecule has 0 aliphatic rings. The first-order chi connectivity index (χ1) is 9.89. The van der Waals surface area contributed by atoms with Gasteiger partial charge in [0.25, 0.3) is 0 Å². The highest BCUT2D eigenvalue weighted by molar-refractivity contribution is 7.57. The molecule has 0 aromatic heterocycles. The van der Waals surface area contributed by atoms with Gasteiger partial charge in [-0.05, 0) is 13.3 Å². The summed E-state index contributed by atoms with van der Waals surface area (Å²) in [6.45, 7) is 2.61. The zero-order valence-corrected chi connectivity index (χ0v) is 13.7. The number of carbonyl (C=O) groups excluding carboxylic acids is 2. The third kappa shape index (κ3) is 7.84. The zero-order chi connectivity index (χ0) is 17.6. The van der Waals surface area contributed by atoms with E-state index in [4.69, 9.17) is 0 Å². The van der Waals surface area contributed by atoms with Gasteiger partial charge in [-0.3, -0.25) is 13.9 Å². The van der Waals surface area contributed by atoms with E-state index in [0.717, 1.165) is 19.1 Å². The first-order valence-electron chi connectivity index (χ1n) is 6.10. The minimum Gasteiger partial charge on any atom is -0.463 e. The maximum absolute atomic E-state index is 11.5. The number of esters is 1. The van der Waals surface area contributed by atoms with Crippen molar-refractivity contribution in [1.82, 2.24) is 5.32 Å². The van der Waals surface area contributed by atoms with Crippen molar-refractivity contribution in [2.24, 2.45) is 0 Å². The van der Waals surface area contributed by atoms with Crippen LogP contribution < -0.4 is 5.32 Å². The Morgan fingerprint density at radius 3 is 2.09 bits per heavy atom. The molecule has 0 fully saturated rings. The molecule has 22 heavy (non-hydrogen) atoms. The van der Waals surface area contributed by atoms with E-state index in [1.54, 1.807) is 6.92 Å². The summed E-state index contributed by atoms with van der Waals surface area (Å²) in [5, 5.41) is 1.85. The average molecular weight is 359 g/mol. The maximum atomic E-state index is 11.5. The van der Waals surface area contributed by atoms with Crippen molar-refractivity contribution >= 4 is 27.1 Å². The van der Waals surface area contributed by atoms with Crippen LogP contribution in [0.4, 0.5) is 0 Å². The number of allylic oxidation sites excluding steroid dienone is 1. The van der Waals surface area contributed by atoms with Gasteiger partial charge in [0, 0.05) is 13.0 Å². The Balaban J connectivity index is 5.34. The second-order valence-electron chi connectivity index (χ2n) is 4.28. The van der Waals surface area contributed by atoms with Crippen LogP contribution >= 0.6 is 15.2 Å². The third-order valence-corrected chi connectivity index (χ3v) is 5.25. The summed E-state index contributed by atoms with van der Waals surface area (Å²) in [5.74, 6) is -3.70. The lowest BCUT2D eigenvalue weighted by molar-refractivity contribution is -0.137. The van der Waals surface area contributed by atoms with Gasteiger partial charge in [0.1, 0.15) is 5.78 Å². The topological polar surface area (TPSA) is 170 Å². The highest BCUT2D eigenvalue weighted by atomic mass is 31.2. The molecule has 12 heteroatoms. The van der Waals surface area contributed by atoms with Crippen LogP contribution in [-0.4, -0.2) is 49.5 Å². The summed E-state index contributed by atoms with van der Waals surface area (Å²) in [5.41, 5.74) is -1.89. The van der Waals surface area contributed by atoms with Crippen LogP contribution in [-0.2, 0) is 23.5 Å². The Labute approximate surface area is 126 Å². The van der Waals surface area contributed by atoms with E-state index < -0.39 is 44.9 Å². The normalized spacial score (nSPS) is 15.4. The molecule has 0 radical (unpaired) electrons. The average Bonchev–Trinajstić information content (AvgIpc) is 2.29. The minimum absolute atomic E-state index is 0.0993. The standard InChI is InChI=1S/C10H19NO9P2/c1-3-20-9(13)6-4-5-8(21(14,15)16)10(11-7(2)12)22(17,18)19/h4,6,8,10H,3,5H2,1-2H3,(H,11,12)(H2,14,15,16)(H2,17,18,19). The van der Waals surface area contributed by atoms with Crippen LogP contribution in [0.2, 0.25) is 0 Å². The summed E-state index contributed by atoms with van der Waals surface area (Å²) >= 11 is 0. The molecule has 1 amide bonds. The van der Waals surface area contributed by atoms with E-state index in [1.165, 1.54) is 0 Å². The summed E-state index contributed by atoms with van der Waals surface area (Å²) in [6.07, 6.45) is 1.36. The monoisotopic (exact) mass is 359 g/mol. The van der Waals surface area contributed by atoms with E-state index in [1.807, 2.05) is 5.32 Å². The summed E-state index contributed by atoms with van der Waals surface area (Å²) < 4.78 is 27.4. The van der Waals surface area contributed by atoms with Crippen LogP contribution in [0.5, 0.6) is 0 Å². The predicted octanol–water partition coefficient (Wildman–Crippen LogP) is -0.318. The molecule has 0 aliphatic heterocycles. The molecule has 2 atom stereocenters. The second-order valence-corrected chi connectivity index (χ2v) is 7.86. The lowest BCUT2D eigenvalue weighted by atomic mass is 10.2. The van der Waals surface area contributed by atoms with E-state index in [2.05, 4.69) is 4.74 Å². The number of rotatable bonds is 8. The largest absolute Gasteiger partial charge is 0.463 e. The van der Waals surface area contributed by atoms with Gasteiger partial charge in [-0.2, -0.15) is 0 Å². The zero-order valence-electron chi connectivity index (χ0n) is 11.9. The fourth-order valence-corrected chi connectivity index (χ4v) is 4.36. The molecular weight excluding hydrogens is 340 g/mol. The molecule has 0 bridgehead atoms. The Bertz CT molecular complexity index is 520. The molecule has 128 valence electrons. The summed E-state index contributed by atoms with van der Waals surface area (Å²) in [7, 11) is -10.0. The Hall–Kier alpha value is -1.02. The molecule has 0 saturated carbocycles. The van der Waals surface area contributed by atoms with Crippen molar-refractivity contribution in [1.29, 1.82) is 0 Å². The number of nitrogens with one attached hydrogen (secondary N) is 1. The van der Waals surface area contributed by atoms with Gasteiger partial charge in [0.15, 0.2) is 0 Å². The van der Waals surface area contributed by atoms with Crippen molar-refractivity contribution in [3.63, 3.8) is 0 Å². The van der Waals surface area contributed by atoms with Crippen molar-refractivity contribution in [2.75, 3.05) is 6.61 Å². The Kier molecular flexibility index (Phi) is 8.17. The molecule has 0 aromatic carbocycles. The van der Waals surface area contributed by atoms with Gasteiger partial charge in [-0.25, -0.2) is 4.79 Å². The van der Waals surface area contributed by atoms with Crippen LogP contribution in [0.1, 0.15) is 20.3 Å². The first-order valence-corrected chi connectivity index (χ1v) is 9.46. The molecule has 0 spiro atoms. The molecule has 5 N–H and O–H groups in total. The SMILES string of the molecule is CCOC(=O)C=CCC(C(NC(C)=O)P(=O)(O)O)P(=O)(O)O. The van der Waals surface area contributed by atoms with E-state index in [9.17, 15) is 38.3 Å². The number of ether oxygens (including phenoxy) is 1. The van der Waals surface area contributed by atoms with Crippen molar-refractivity contribution in [3.8, 4) is 0 Å². The maximum Gasteiger partial charge on any atom is 0.348 e. The number of hydrogen-bond donors (Lipinski definition) is 5. The Morgan fingerprint density at radius 1 is 1.18 bits per heavy atom. The van der Waals surface area contributed by atoms with Crippen LogP contribution in [0, 0.1) is 0 Å². The molecule has 0 aromatic rings. The molecule has 0 saturated heterocycles. The molecular formula is C10H19NO9P2. The van der Waals surface area contributed by atoms with E-state index in [0.29, 0.717) is 0 Å². The van der Waals surface area contributed by atoms with Crippen LogP contribution in [0.15, 0.2) is 12.2 Å². The van der Waals surface area contributed by atoms with Gasteiger partial charge >= 0.3 is 21.2 Å². The molecule has 0 rings (SSSR count).